The van der Waals surface area contributed by atoms with Crippen molar-refractivity contribution in [3.63, 3.8) is 0 Å². The molecule has 0 saturated carbocycles. The Morgan fingerprint density at radius 2 is 1.67 bits per heavy atom. The molecule has 0 aromatic heterocycles. The van der Waals surface area contributed by atoms with Crippen molar-refractivity contribution in [3.05, 3.63) is 106 Å². The number of rotatable bonds is 3. The van der Waals surface area contributed by atoms with Crippen LogP contribution in [0, 0.1) is 11.3 Å². The molecule has 1 N–H and O–H groups in total. The van der Waals surface area contributed by atoms with E-state index in [0.29, 0.717) is 17.1 Å². The molecular formula is C22H17Cl2N3. The lowest BCUT2D eigenvalue weighted by Gasteiger charge is -2.26. The van der Waals surface area contributed by atoms with Gasteiger partial charge in [-0.05, 0) is 35.4 Å². The van der Waals surface area contributed by atoms with Crippen molar-refractivity contribution in [1.82, 2.24) is 5.32 Å². The topological polar surface area (TPSA) is 48.2 Å². The van der Waals surface area contributed by atoms with Crippen LogP contribution in [0.5, 0.6) is 0 Å². The maximum Gasteiger partial charge on any atom is 0.130 e. The molecule has 1 aliphatic heterocycles. The Morgan fingerprint density at radius 3 is 2.41 bits per heavy atom. The molecule has 0 amide bonds. The third-order valence-electron chi connectivity index (χ3n) is 4.63. The first kappa shape index (κ1) is 19.0. The second-order valence-electron chi connectivity index (χ2n) is 6.24. The van der Waals surface area contributed by atoms with Crippen molar-refractivity contribution in [1.29, 1.82) is 5.26 Å². The van der Waals surface area contributed by atoms with Crippen LogP contribution < -0.4 is 5.32 Å². The van der Waals surface area contributed by atoms with Gasteiger partial charge < -0.3 is 5.32 Å². The van der Waals surface area contributed by atoms with Gasteiger partial charge in [-0.15, -0.1) is 12.4 Å². The zero-order valence-corrected chi connectivity index (χ0v) is 16.0. The highest BCUT2D eigenvalue weighted by Gasteiger charge is 2.39. The molecule has 0 fully saturated rings. The summed E-state index contributed by atoms with van der Waals surface area (Å²) in [5.74, 6) is 0.783. The summed E-state index contributed by atoms with van der Waals surface area (Å²) in [6.45, 7) is 0.628. The highest BCUT2D eigenvalue weighted by molar-refractivity contribution is 6.30. The normalized spacial score (nSPS) is 18.0. The van der Waals surface area contributed by atoms with Gasteiger partial charge in [-0.3, -0.25) is 0 Å². The number of hydrogen-bond acceptors (Lipinski definition) is 3. The molecule has 0 saturated heterocycles. The van der Waals surface area contributed by atoms with Crippen molar-refractivity contribution in [3.8, 4) is 6.07 Å². The van der Waals surface area contributed by atoms with Gasteiger partial charge in [0.1, 0.15) is 11.4 Å². The third kappa shape index (κ3) is 3.55. The van der Waals surface area contributed by atoms with E-state index >= 15 is 0 Å². The summed E-state index contributed by atoms with van der Waals surface area (Å²) in [6, 6.07) is 27.7. The van der Waals surface area contributed by atoms with E-state index in [1.54, 1.807) is 6.07 Å². The molecule has 3 aromatic carbocycles. The van der Waals surface area contributed by atoms with Crippen LogP contribution in [-0.4, -0.2) is 12.4 Å². The molecule has 3 aromatic rings. The van der Waals surface area contributed by atoms with Crippen LogP contribution in [0.15, 0.2) is 83.9 Å². The minimum absolute atomic E-state index is 0. The molecule has 3 nitrogen and oxygen atoms in total. The summed E-state index contributed by atoms with van der Waals surface area (Å²) >= 11 is 6.26. The maximum atomic E-state index is 9.17. The largest absolute Gasteiger partial charge is 0.367 e. The fraction of sp³-hybridized carbons (Fsp3) is 0.0909. The Hall–Kier alpha value is -2.80. The number of nitrogens with one attached hydrogen (secondary N) is 1. The Labute approximate surface area is 169 Å². The Morgan fingerprint density at radius 1 is 0.926 bits per heavy atom. The molecule has 1 heterocycles. The van der Waals surface area contributed by atoms with Crippen molar-refractivity contribution in [2.24, 2.45) is 4.99 Å². The number of benzene rings is 3. The predicted molar refractivity (Wildman–Crippen MR) is 112 cm³/mol. The predicted octanol–water partition coefficient (Wildman–Crippen LogP) is 4.93. The van der Waals surface area contributed by atoms with Crippen LogP contribution in [0.4, 0.5) is 0 Å². The van der Waals surface area contributed by atoms with Crippen LogP contribution >= 0.6 is 24.0 Å². The van der Waals surface area contributed by atoms with Gasteiger partial charge in [0.05, 0.1) is 11.6 Å². The average molecular weight is 394 g/mol. The number of nitrogens with zero attached hydrogens (tertiary/aromatic N) is 2. The zero-order valence-electron chi connectivity index (χ0n) is 14.4. The zero-order chi connectivity index (χ0) is 18.0. The molecule has 1 atom stereocenters. The van der Waals surface area contributed by atoms with Crippen LogP contribution in [0.1, 0.15) is 22.3 Å². The second-order valence-corrected chi connectivity index (χ2v) is 6.68. The monoisotopic (exact) mass is 393 g/mol. The number of amidine groups is 1. The van der Waals surface area contributed by atoms with Gasteiger partial charge in [0.2, 0.25) is 0 Å². The summed E-state index contributed by atoms with van der Waals surface area (Å²) in [7, 11) is 0. The SMILES string of the molecule is Cl.N#Cc1cccc(C2=NC(c3ccccc3)(c3cccc(Cl)c3)CN2)c1. The molecule has 27 heavy (non-hydrogen) atoms. The first-order chi connectivity index (χ1) is 12.7. The van der Waals surface area contributed by atoms with Gasteiger partial charge in [0, 0.05) is 17.1 Å². The van der Waals surface area contributed by atoms with E-state index in [1.165, 1.54) is 0 Å². The lowest BCUT2D eigenvalue weighted by Crippen LogP contribution is -2.31. The molecule has 0 spiro atoms. The Kier molecular flexibility index (Phi) is 5.51. The Balaban J connectivity index is 0.00000210. The van der Waals surface area contributed by atoms with E-state index in [9.17, 15) is 0 Å². The average Bonchev–Trinajstić information content (AvgIpc) is 3.15. The van der Waals surface area contributed by atoms with Crippen LogP contribution in [-0.2, 0) is 5.54 Å². The smallest absolute Gasteiger partial charge is 0.130 e. The Bertz CT molecular complexity index is 1020. The second kappa shape index (κ2) is 7.84. The minimum atomic E-state index is -0.551. The molecule has 4 rings (SSSR count). The number of halogens is 2. The lowest BCUT2D eigenvalue weighted by molar-refractivity contribution is 0.569. The van der Waals surface area contributed by atoms with E-state index in [0.717, 1.165) is 22.5 Å². The number of aliphatic imine (C=N–C) groups is 1. The molecule has 0 bridgehead atoms. The summed E-state index contributed by atoms with van der Waals surface area (Å²) in [6.07, 6.45) is 0. The van der Waals surface area contributed by atoms with Gasteiger partial charge >= 0.3 is 0 Å². The summed E-state index contributed by atoms with van der Waals surface area (Å²) in [5.41, 5.74) is 3.11. The fourth-order valence-corrected chi connectivity index (χ4v) is 3.53. The van der Waals surface area contributed by atoms with E-state index in [1.807, 2.05) is 54.6 Å². The van der Waals surface area contributed by atoms with Gasteiger partial charge in [-0.25, -0.2) is 4.99 Å². The van der Waals surface area contributed by atoms with Crippen LogP contribution in [0.2, 0.25) is 5.02 Å². The lowest BCUT2D eigenvalue weighted by atomic mass is 9.84. The molecule has 134 valence electrons. The van der Waals surface area contributed by atoms with Crippen molar-refractivity contribution in [2.75, 3.05) is 6.54 Å². The fourth-order valence-electron chi connectivity index (χ4n) is 3.34. The van der Waals surface area contributed by atoms with Gasteiger partial charge in [-0.2, -0.15) is 5.26 Å². The van der Waals surface area contributed by atoms with Gasteiger partial charge in [-0.1, -0.05) is 66.2 Å². The molecule has 0 aliphatic carbocycles. The molecular weight excluding hydrogens is 377 g/mol. The van der Waals surface area contributed by atoms with E-state index < -0.39 is 5.54 Å². The molecule has 1 aliphatic rings. The number of nitriles is 1. The van der Waals surface area contributed by atoms with E-state index in [4.69, 9.17) is 21.9 Å². The van der Waals surface area contributed by atoms with Crippen molar-refractivity contribution < 1.29 is 0 Å². The summed E-state index contributed by atoms with van der Waals surface area (Å²) < 4.78 is 0. The van der Waals surface area contributed by atoms with Crippen molar-refractivity contribution in [2.45, 2.75) is 5.54 Å². The number of hydrogen-bond donors (Lipinski definition) is 1. The van der Waals surface area contributed by atoms with E-state index in [2.05, 4.69) is 29.6 Å². The summed E-state index contributed by atoms with van der Waals surface area (Å²) in [4.78, 5) is 5.08. The highest BCUT2D eigenvalue weighted by atomic mass is 35.5. The highest BCUT2D eigenvalue weighted by Crippen LogP contribution is 2.37. The first-order valence-electron chi connectivity index (χ1n) is 8.37. The van der Waals surface area contributed by atoms with E-state index in [-0.39, 0.29) is 12.4 Å². The van der Waals surface area contributed by atoms with Crippen LogP contribution in [0.3, 0.4) is 0 Å². The standard InChI is InChI=1S/C22H16ClN3.ClH/c23-20-11-5-10-19(13-20)22(18-8-2-1-3-9-18)15-25-21(26-22)17-7-4-6-16(12-17)14-24;/h1-13H,15H2,(H,25,26);1H. The third-order valence-corrected chi connectivity index (χ3v) is 4.87. The molecule has 0 radical (unpaired) electrons. The molecule has 5 heteroatoms. The molecule has 1 unspecified atom stereocenters. The van der Waals surface area contributed by atoms with Gasteiger partial charge in [0.15, 0.2) is 0 Å². The maximum absolute atomic E-state index is 9.17. The van der Waals surface area contributed by atoms with Crippen LogP contribution in [0.25, 0.3) is 0 Å². The van der Waals surface area contributed by atoms with Gasteiger partial charge in [0.25, 0.3) is 0 Å². The summed E-state index contributed by atoms with van der Waals surface area (Å²) in [5, 5.41) is 13.3. The first-order valence-corrected chi connectivity index (χ1v) is 8.75. The minimum Gasteiger partial charge on any atom is -0.367 e. The quantitative estimate of drug-likeness (QED) is 0.685. The van der Waals surface area contributed by atoms with Crippen molar-refractivity contribution >= 4 is 29.8 Å².